The first kappa shape index (κ1) is 31.2. The molecule has 2 heterocycles. The lowest BCUT2D eigenvalue weighted by Gasteiger charge is -2.46. The Morgan fingerprint density at radius 2 is 1.20 bits per heavy atom. The SMILES string of the molecule is CCCCCCCCCCCCS[C@@H]1OC(CO)[C@@H](O[C@H]2OC(CO)[C@@H](O)C(O)C2O)C(O)C1O. The van der Waals surface area contributed by atoms with Gasteiger partial charge < -0.3 is 50.0 Å². The van der Waals surface area contributed by atoms with E-state index in [-0.39, 0.29) is 0 Å². The molecular formula is C24H46O10S. The van der Waals surface area contributed by atoms with E-state index >= 15 is 0 Å². The molecule has 0 amide bonds. The lowest BCUT2D eigenvalue weighted by molar-refractivity contribution is -0.338. The molecule has 2 aliphatic rings. The molecule has 0 radical (unpaired) electrons. The fourth-order valence-corrected chi connectivity index (χ4v) is 5.66. The molecule has 6 unspecified atom stereocenters. The summed E-state index contributed by atoms with van der Waals surface area (Å²) >= 11 is 1.37. The van der Waals surface area contributed by atoms with Crippen LogP contribution in [0.3, 0.4) is 0 Å². The molecule has 35 heavy (non-hydrogen) atoms. The number of hydrogen-bond donors (Lipinski definition) is 7. The second-order valence-electron chi connectivity index (χ2n) is 9.56. The number of thioether (sulfide) groups is 1. The molecule has 0 saturated carbocycles. The zero-order chi connectivity index (χ0) is 25.8. The molecule has 10 nitrogen and oxygen atoms in total. The Morgan fingerprint density at radius 3 is 1.77 bits per heavy atom. The highest BCUT2D eigenvalue weighted by Gasteiger charge is 2.50. The molecule has 0 aromatic carbocycles. The molecule has 0 aliphatic carbocycles. The van der Waals surface area contributed by atoms with E-state index in [2.05, 4.69) is 6.92 Å². The molecule has 10 atom stereocenters. The molecule has 2 fully saturated rings. The monoisotopic (exact) mass is 526 g/mol. The van der Waals surface area contributed by atoms with Crippen LogP contribution < -0.4 is 0 Å². The highest BCUT2D eigenvalue weighted by molar-refractivity contribution is 7.99. The number of hydrogen-bond acceptors (Lipinski definition) is 11. The van der Waals surface area contributed by atoms with E-state index in [4.69, 9.17) is 14.2 Å². The Morgan fingerprint density at radius 1 is 0.629 bits per heavy atom. The van der Waals surface area contributed by atoms with Gasteiger partial charge in [-0.15, -0.1) is 11.8 Å². The number of rotatable bonds is 16. The van der Waals surface area contributed by atoms with E-state index in [9.17, 15) is 35.7 Å². The zero-order valence-corrected chi connectivity index (χ0v) is 21.5. The van der Waals surface area contributed by atoms with Gasteiger partial charge in [-0.25, -0.2) is 0 Å². The van der Waals surface area contributed by atoms with Gasteiger partial charge in [0.05, 0.1) is 13.2 Å². The van der Waals surface area contributed by atoms with E-state index in [0.717, 1.165) is 18.6 Å². The van der Waals surface area contributed by atoms with Crippen LogP contribution >= 0.6 is 11.8 Å². The number of aliphatic hydroxyl groups excluding tert-OH is 7. The predicted molar refractivity (Wildman–Crippen MR) is 131 cm³/mol. The lowest BCUT2D eigenvalue weighted by Crippen LogP contribution is -2.64. The molecule has 0 aromatic heterocycles. The highest BCUT2D eigenvalue weighted by Crippen LogP contribution is 2.33. The van der Waals surface area contributed by atoms with Crippen molar-refractivity contribution in [1.82, 2.24) is 0 Å². The summed E-state index contributed by atoms with van der Waals surface area (Å²) in [5, 5.41) is 70.4. The maximum Gasteiger partial charge on any atom is 0.187 e. The minimum absolute atomic E-state index is 0.513. The van der Waals surface area contributed by atoms with Crippen LogP contribution in [0.4, 0.5) is 0 Å². The van der Waals surface area contributed by atoms with Crippen LogP contribution in [-0.2, 0) is 14.2 Å². The summed E-state index contributed by atoms with van der Waals surface area (Å²) in [6.45, 7) is 1.08. The second kappa shape index (κ2) is 16.7. The van der Waals surface area contributed by atoms with Gasteiger partial charge in [0.15, 0.2) is 6.29 Å². The topological polar surface area (TPSA) is 169 Å². The molecule has 0 spiro atoms. The van der Waals surface area contributed by atoms with Crippen LogP contribution in [0, 0.1) is 0 Å². The average molecular weight is 527 g/mol. The van der Waals surface area contributed by atoms with Crippen molar-refractivity contribution < 1.29 is 50.0 Å². The quantitative estimate of drug-likeness (QED) is 0.138. The third kappa shape index (κ3) is 9.33. The largest absolute Gasteiger partial charge is 0.394 e. The van der Waals surface area contributed by atoms with E-state index in [1.807, 2.05) is 0 Å². The van der Waals surface area contributed by atoms with Gasteiger partial charge in [0.1, 0.15) is 54.3 Å². The second-order valence-corrected chi connectivity index (χ2v) is 10.8. The van der Waals surface area contributed by atoms with Crippen LogP contribution in [0.15, 0.2) is 0 Å². The van der Waals surface area contributed by atoms with Crippen molar-refractivity contribution >= 4 is 11.8 Å². The van der Waals surface area contributed by atoms with Gasteiger partial charge >= 0.3 is 0 Å². The fourth-order valence-electron chi connectivity index (χ4n) is 4.48. The van der Waals surface area contributed by atoms with Gasteiger partial charge in [-0.2, -0.15) is 0 Å². The molecule has 0 aromatic rings. The normalized spacial score (nSPS) is 38.1. The van der Waals surface area contributed by atoms with Gasteiger partial charge in [-0.1, -0.05) is 64.7 Å². The molecule has 208 valence electrons. The number of unbranched alkanes of at least 4 members (excludes halogenated alkanes) is 9. The molecule has 2 aliphatic heterocycles. The Bertz CT molecular complexity index is 554. The summed E-state index contributed by atoms with van der Waals surface area (Å²) < 4.78 is 16.7. The Balaban J connectivity index is 1.74. The molecule has 2 saturated heterocycles. The van der Waals surface area contributed by atoms with Gasteiger partial charge in [-0.05, 0) is 12.2 Å². The first-order valence-electron chi connectivity index (χ1n) is 13.1. The standard InChI is InChI=1S/C24H46O10S/c1-2-3-4-5-6-7-8-9-10-11-12-35-24-21(31)19(29)22(16(14-26)33-24)34-23-20(30)18(28)17(27)15(13-25)32-23/h15-31H,2-14H2,1H3/t15?,16?,17-,18?,19?,20?,21?,22-,23-,24+/m1/s1. The van der Waals surface area contributed by atoms with Gasteiger partial charge in [0.2, 0.25) is 0 Å². The summed E-state index contributed by atoms with van der Waals surface area (Å²) in [7, 11) is 0. The van der Waals surface area contributed by atoms with E-state index < -0.39 is 73.8 Å². The summed E-state index contributed by atoms with van der Waals surface area (Å²) in [5.74, 6) is 0.737. The molecule has 11 heteroatoms. The van der Waals surface area contributed by atoms with Gasteiger partial charge in [-0.3, -0.25) is 0 Å². The Hall–Kier alpha value is -0.0500. The van der Waals surface area contributed by atoms with Crippen LogP contribution in [0.25, 0.3) is 0 Å². The van der Waals surface area contributed by atoms with E-state index in [0.29, 0.717) is 0 Å². The first-order chi connectivity index (χ1) is 16.8. The van der Waals surface area contributed by atoms with Crippen LogP contribution in [0.1, 0.15) is 71.1 Å². The molecule has 7 N–H and O–H groups in total. The zero-order valence-electron chi connectivity index (χ0n) is 20.7. The van der Waals surface area contributed by atoms with Crippen LogP contribution in [0.5, 0.6) is 0 Å². The predicted octanol–water partition coefficient (Wildman–Crippen LogP) is 0.265. The van der Waals surface area contributed by atoms with Crippen molar-refractivity contribution in [2.45, 2.75) is 132 Å². The van der Waals surface area contributed by atoms with Crippen molar-refractivity contribution in [3.05, 3.63) is 0 Å². The lowest BCUT2D eigenvalue weighted by atomic mass is 9.97. The smallest absolute Gasteiger partial charge is 0.187 e. The summed E-state index contributed by atoms with van der Waals surface area (Å²) in [4.78, 5) is 0. The molecule has 0 bridgehead atoms. The molecule has 2 rings (SSSR count). The van der Waals surface area contributed by atoms with Gasteiger partial charge in [0, 0.05) is 0 Å². The fraction of sp³-hybridized carbons (Fsp3) is 1.00. The molecular weight excluding hydrogens is 480 g/mol. The Labute approximate surface area is 212 Å². The van der Waals surface area contributed by atoms with Crippen LogP contribution in [0.2, 0.25) is 0 Å². The van der Waals surface area contributed by atoms with E-state index in [1.54, 1.807) is 0 Å². The van der Waals surface area contributed by atoms with Crippen molar-refractivity contribution in [3.63, 3.8) is 0 Å². The summed E-state index contributed by atoms with van der Waals surface area (Å²) in [6.07, 6.45) is -0.352. The van der Waals surface area contributed by atoms with Crippen molar-refractivity contribution in [2.24, 2.45) is 0 Å². The van der Waals surface area contributed by atoms with Gasteiger partial charge in [0.25, 0.3) is 0 Å². The van der Waals surface area contributed by atoms with Crippen molar-refractivity contribution in [2.75, 3.05) is 19.0 Å². The van der Waals surface area contributed by atoms with Crippen LogP contribution in [-0.4, -0.2) is 115 Å². The first-order valence-corrected chi connectivity index (χ1v) is 14.1. The average Bonchev–Trinajstić information content (AvgIpc) is 2.86. The minimum atomic E-state index is -1.67. The van der Waals surface area contributed by atoms with Crippen molar-refractivity contribution in [1.29, 1.82) is 0 Å². The van der Waals surface area contributed by atoms with Crippen molar-refractivity contribution in [3.8, 4) is 0 Å². The highest BCUT2D eigenvalue weighted by atomic mass is 32.2. The maximum absolute atomic E-state index is 10.7. The Kier molecular flexibility index (Phi) is 14.9. The summed E-state index contributed by atoms with van der Waals surface area (Å²) in [5.41, 5.74) is -0.754. The van der Waals surface area contributed by atoms with E-state index in [1.165, 1.54) is 63.1 Å². The minimum Gasteiger partial charge on any atom is -0.394 e. The summed E-state index contributed by atoms with van der Waals surface area (Å²) in [6, 6.07) is 0. The third-order valence-corrected chi connectivity index (χ3v) is 7.98. The third-order valence-electron chi connectivity index (χ3n) is 6.74. The maximum atomic E-state index is 10.7. The number of aliphatic hydroxyl groups is 7. The number of ether oxygens (including phenoxy) is 3.